The van der Waals surface area contributed by atoms with Crippen molar-refractivity contribution in [3.63, 3.8) is 0 Å². The van der Waals surface area contributed by atoms with Crippen LogP contribution in [0.25, 0.3) is 11.5 Å². The van der Waals surface area contributed by atoms with Gasteiger partial charge in [-0.2, -0.15) is 0 Å². The molecule has 0 bridgehead atoms. The molecule has 4 aromatic rings. The Morgan fingerprint density at radius 1 is 1.05 bits per heavy atom. The molecule has 0 spiro atoms. The van der Waals surface area contributed by atoms with Gasteiger partial charge in [-0.25, -0.2) is 15.0 Å². The van der Waals surface area contributed by atoms with E-state index >= 15 is 0 Å². The average Bonchev–Trinajstić information content (AvgIpc) is 3.54. The van der Waals surface area contributed by atoms with Crippen LogP contribution in [0.4, 0.5) is 5.95 Å². The number of carboxylic acids is 1. The summed E-state index contributed by atoms with van der Waals surface area (Å²) in [6.07, 6.45) is 5.81. The highest BCUT2D eigenvalue weighted by Gasteiger charge is 2.38. The summed E-state index contributed by atoms with van der Waals surface area (Å²) in [5.41, 5.74) is 3.99. The van der Waals surface area contributed by atoms with Crippen LogP contribution >= 0.6 is 0 Å². The van der Waals surface area contributed by atoms with Gasteiger partial charge in [-0.1, -0.05) is 37.3 Å². The van der Waals surface area contributed by atoms with E-state index in [9.17, 15) is 9.90 Å². The van der Waals surface area contributed by atoms with Crippen molar-refractivity contribution in [2.45, 2.75) is 33.1 Å². The highest BCUT2D eigenvalue weighted by Crippen LogP contribution is 2.30. The maximum atomic E-state index is 12.0. The molecular formula is C30H32N4O4. The highest BCUT2D eigenvalue weighted by molar-refractivity contribution is 5.72. The minimum absolute atomic E-state index is 0.0253. The molecule has 2 aromatic heterocycles. The number of carboxylic acid groups (broad SMARTS) is 1. The van der Waals surface area contributed by atoms with Crippen molar-refractivity contribution in [2.75, 3.05) is 24.6 Å². The van der Waals surface area contributed by atoms with Gasteiger partial charge < -0.3 is 19.2 Å². The Balaban J connectivity index is 1.16. The summed E-state index contributed by atoms with van der Waals surface area (Å²) < 4.78 is 11.8. The second-order valence-corrected chi connectivity index (χ2v) is 9.69. The van der Waals surface area contributed by atoms with Crippen molar-refractivity contribution in [1.29, 1.82) is 0 Å². The fraction of sp³-hybridized carbons (Fsp3) is 0.333. The predicted octanol–water partition coefficient (Wildman–Crippen LogP) is 5.00. The van der Waals surface area contributed by atoms with Crippen LogP contribution in [0.3, 0.4) is 0 Å². The molecule has 0 amide bonds. The van der Waals surface area contributed by atoms with E-state index in [1.165, 1.54) is 0 Å². The average molecular weight is 513 g/mol. The third-order valence-electron chi connectivity index (χ3n) is 7.08. The molecule has 196 valence electrons. The van der Waals surface area contributed by atoms with Gasteiger partial charge in [0.2, 0.25) is 11.8 Å². The van der Waals surface area contributed by atoms with Crippen molar-refractivity contribution < 1.29 is 19.1 Å². The van der Waals surface area contributed by atoms with E-state index in [0.717, 1.165) is 40.3 Å². The molecule has 1 aliphatic rings. The summed E-state index contributed by atoms with van der Waals surface area (Å²) >= 11 is 0. The number of aliphatic carboxylic acids is 1. The summed E-state index contributed by atoms with van der Waals surface area (Å²) in [5, 5.41) is 9.83. The standard InChI is InChI=1S/C30H32N4O4/c1-3-21-16-31-30(32-17-21)34-18-24(26(19-34)29(35)36)15-22-9-11-25(12-10-22)37-14-13-27-20(2)38-28(33-27)23-7-5-4-6-8-23/h4-12,16-17,24,26H,3,13-15,18-19H2,1-2H3,(H,35,36)/t24-,26+/m1/s1. The topological polar surface area (TPSA) is 102 Å². The van der Waals surface area contributed by atoms with Gasteiger partial charge in [0.1, 0.15) is 11.5 Å². The van der Waals surface area contributed by atoms with Crippen LogP contribution in [0.2, 0.25) is 0 Å². The summed E-state index contributed by atoms with van der Waals surface area (Å²) in [6.45, 7) is 5.49. The Labute approximate surface area is 222 Å². The van der Waals surface area contributed by atoms with Crippen LogP contribution in [-0.4, -0.2) is 45.7 Å². The number of carbonyl (C=O) groups is 1. The number of aromatic nitrogens is 3. The SMILES string of the molecule is CCc1cnc(N2C[C@@H](Cc3ccc(OCCc4nc(-c5ccccc5)oc4C)cc3)[C@@H](C(=O)O)C2)nc1. The van der Waals surface area contributed by atoms with E-state index < -0.39 is 11.9 Å². The summed E-state index contributed by atoms with van der Waals surface area (Å²) in [4.78, 5) is 27.5. The van der Waals surface area contributed by atoms with Crippen molar-refractivity contribution in [3.05, 3.63) is 89.6 Å². The zero-order valence-electron chi connectivity index (χ0n) is 21.7. The summed E-state index contributed by atoms with van der Waals surface area (Å²) in [6, 6.07) is 17.8. The Morgan fingerprint density at radius 2 is 1.79 bits per heavy atom. The maximum absolute atomic E-state index is 12.0. The van der Waals surface area contributed by atoms with Crippen LogP contribution in [-0.2, 0) is 24.1 Å². The molecule has 8 heteroatoms. The lowest BCUT2D eigenvalue weighted by Crippen LogP contribution is -2.24. The maximum Gasteiger partial charge on any atom is 0.308 e. The van der Waals surface area contributed by atoms with Gasteiger partial charge in [-0.3, -0.25) is 4.79 Å². The molecule has 0 aliphatic carbocycles. The first kappa shape index (κ1) is 25.4. The fourth-order valence-electron chi connectivity index (χ4n) is 4.87. The summed E-state index contributed by atoms with van der Waals surface area (Å²) in [7, 11) is 0. The molecule has 0 radical (unpaired) electrons. The molecule has 38 heavy (non-hydrogen) atoms. The molecule has 1 saturated heterocycles. The number of rotatable bonds is 10. The molecule has 1 aliphatic heterocycles. The number of anilines is 1. The normalized spacial score (nSPS) is 17.1. The van der Waals surface area contributed by atoms with E-state index in [0.29, 0.717) is 44.4 Å². The lowest BCUT2D eigenvalue weighted by molar-refractivity contribution is -0.142. The first-order chi connectivity index (χ1) is 18.5. The van der Waals surface area contributed by atoms with Gasteiger partial charge in [0.25, 0.3) is 0 Å². The number of hydrogen-bond donors (Lipinski definition) is 1. The minimum Gasteiger partial charge on any atom is -0.493 e. The van der Waals surface area contributed by atoms with Gasteiger partial charge >= 0.3 is 5.97 Å². The lowest BCUT2D eigenvalue weighted by atomic mass is 9.90. The Hall–Kier alpha value is -4.20. The molecule has 0 saturated carbocycles. The van der Waals surface area contributed by atoms with E-state index in [2.05, 4.69) is 21.9 Å². The largest absolute Gasteiger partial charge is 0.493 e. The van der Waals surface area contributed by atoms with Crippen LogP contribution < -0.4 is 9.64 Å². The van der Waals surface area contributed by atoms with Crippen molar-refractivity contribution in [2.24, 2.45) is 11.8 Å². The number of aryl methyl sites for hydroxylation is 2. The monoisotopic (exact) mass is 512 g/mol. The van der Waals surface area contributed by atoms with Crippen LogP contribution in [0.15, 0.2) is 71.4 Å². The molecule has 3 heterocycles. The van der Waals surface area contributed by atoms with Crippen LogP contribution in [0.1, 0.15) is 29.5 Å². The molecule has 8 nitrogen and oxygen atoms in total. The first-order valence-electron chi connectivity index (χ1n) is 13.0. The Bertz CT molecular complexity index is 1350. The minimum atomic E-state index is -0.777. The van der Waals surface area contributed by atoms with Crippen molar-refractivity contribution in [1.82, 2.24) is 15.0 Å². The molecular weight excluding hydrogens is 480 g/mol. The van der Waals surface area contributed by atoms with Crippen LogP contribution in [0.5, 0.6) is 5.75 Å². The fourth-order valence-corrected chi connectivity index (χ4v) is 4.87. The van der Waals surface area contributed by atoms with Crippen molar-refractivity contribution >= 4 is 11.9 Å². The first-order valence-corrected chi connectivity index (χ1v) is 13.0. The molecule has 5 rings (SSSR count). The number of nitrogens with zero attached hydrogens (tertiary/aromatic N) is 4. The van der Waals surface area contributed by atoms with E-state index in [4.69, 9.17) is 9.15 Å². The lowest BCUT2D eigenvalue weighted by Gasteiger charge is -2.16. The van der Waals surface area contributed by atoms with Gasteiger partial charge in [-0.15, -0.1) is 0 Å². The quantitative estimate of drug-likeness (QED) is 0.317. The number of hydrogen-bond acceptors (Lipinski definition) is 7. The molecule has 1 N–H and O–H groups in total. The third kappa shape index (κ3) is 5.85. The number of ether oxygens (including phenoxy) is 1. The second-order valence-electron chi connectivity index (χ2n) is 9.69. The predicted molar refractivity (Wildman–Crippen MR) is 144 cm³/mol. The van der Waals surface area contributed by atoms with Gasteiger partial charge in [0, 0.05) is 37.5 Å². The second kappa shape index (κ2) is 11.5. The number of benzene rings is 2. The van der Waals surface area contributed by atoms with Crippen molar-refractivity contribution in [3.8, 4) is 17.2 Å². The highest BCUT2D eigenvalue weighted by atomic mass is 16.5. The Morgan fingerprint density at radius 3 is 2.47 bits per heavy atom. The number of oxazole rings is 1. The van der Waals surface area contributed by atoms with E-state index in [-0.39, 0.29) is 5.92 Å². The van der Waals surface area contributed by atoms with Crippen LogP contribution in [0, 0.1) is 18.8 Å². The van der Waals surface area contributed by atoms with E-state index in [1.54, 1.807) is 0 Å². The Kier molecular flexibility index (Phi) is 7.67. The van der Waals surface area contributed by atoms with Gasteiger partial charge in [0.05, 0.1) is 18.2 Å². The summed E-state index contributed by atoms with van der Waals surface area (Å²) in [5.74, 6) is 1.52. The third-order valence-corrected chi connectivity index (χ3v) is 7.08. The molecule has 0 unspecified atom stereocenters. The molecule has 1 fully saturated rings. The van der Waals surface area contributed by atoms with Gasteiger partial charge in [0.15, 0.2) is 0 Å². The van der Waals surface area contributed by atoms with Gasteiger partial charge in [-0.05, 0) is 61.1 Å². The van der Waals surface area contributed by atoms with E-state index in [1.807, 2.05) is 78.8 Å². The molecule has 2 aromatic carbocycles. The molecule has 2 atom stereocenters. The zero-order chi connectivity index (χ0) is 26.5. The smallest absolute Gasteiger partial charge is 0.308 e. The zero-order valence-corrected chi connectivity index (χ0v) is 21.7.